The van der Waals surface area contributed by atoms with Crippen molar-refractivity contribution in [3.63, 3.8) is 0 Å². The molecule has 2 aromatic heterocycles. The molecule has 1 aromatic carbocycles. The van der Waals surface area contributed by atoms with Crippen molar-refractivity contribution in [3.05, 3.63) is 59.9 Å². The summed E-state index contributed by atoms with van der Waals surface area (Å²) in [6, 6.07) is 9.41. The van der Waals surface area contributed by atoms with E-state index in [1.807, 2.05) is 35.7 Å². The standard InChI is InChI=1S/C16H10ClN3OS2/c1-20-14(6-7-18)23-13(16(20)21)8-12-9-22-15(19-12)10-2-4-11(17)5-3-10/h2-6,8-9H,1H3/b13-8+,14-6-. The van der Waals surface area contributed by atoms with Crippen molar-refractivity contribution in [2.24, 2.45) is 7.05 Å². The lowest BCUT2D eigenvalue weighted by atomic mass is 10.2. The molecule has 0 unspecified atom stereocenters. The highest BCUT2D eigenvalue weighted by Gasteiger charge is 2.05. The lowest BCUT2D eigenvalue weighted by Crippen LogP contribution is -2.28. The zero-order valence-electron chi connectivity index (χ0n) is 12.0. The van der Waals surface area contributed by atoms with Gasteiger partial charge in [0.2, 0.25) is 0 Å². The van der Waals surface area contributed by atoms with Crippen molar-refractivity contribution < 1.29 is 0 Å². The lowest BCUT2D eigenvalue weighted by molar-refractivity contribution is 0.857. The van der Waals surface area contributed by atoms with Crippen LogP contribution in [0.2, 0.25) is 5.02 Å². The Morgan fingerprint density at radius 1 is 1.35 bits per heavy atom. The predicted octanol–water partition coefficient (Wildman–Crippen LogP) is 2.36. The first kappa shape index (κ1) is 15.7. The lowest BCUT2D eigenvalue weighted by Gasteiger charge is -1.95. The molecule has 0 bridgehead atoms. The van der Waals surface area contributed by atoms with Gasteiger partial charge < -0.3 is 4.57 Å². The molecule has 0 aliphatic carbocycles. The number of aromatic nitrogens is 2. The summed E-state index contributed by atoms with van der Waals surface area (Å²) in [5.74, 6) is 0. The number of hydrogen-bond acceptors (Lipinski definition) is 5. The van der Waals surface area contributed by atoms with Crippen molar-refractivity contribution in [1.29, 1.82) is 5.26 Å². The van der Waals surface area contributed by atoms with Crippen LogP contribution in [0.1, 0.15) is 5.69 Å². The Bertz CT molecular complexity index is 1070. The van der Waals surface area contributed by atoms with Gasteiger partial charge in [0.05, 0.1) is 16.3 Å². The number of nitrogens with zero attached hydrogens (tertiary/aromatic N) is 3. The normalized spacial score (nSPS) is 12.6. The molecule has 0 aliphatic rings. The fraction of sp³-hybridized carbons (Fsp3) is 0.0625. The topological polar surface area (TPSA) is 58.7 Å². The zero-order valence-corrected chi connectivity index (χ0v) is 14.4. The summed E-state index contributed by atoms with van der Waals surface area (Å²) in [6.07, 6.45) is 3.11. The van der Waals surface area contributed by atoms with Gasteiger partial charge in [-0.05, 0) is 18.2 Å². The van der Waals surface area contributed by atoms with Crippen LogP contribution in [-0.2, 0) is 7.05 Å². The second-order valence-corrected chi connectivity index (χ2v) is 7.03. The van der Waals surface area contributed by atoms with Crippen LogP contribution in [0, 0.1) is 11.3 Å². The SMILES string of the molecule is Cn1c(=O)/c(=C\c2csc(-c3ccc(Cl)cc3)n2)s/c1=C\C#N. The number of benzene rings is 1. The van der Waals surface area contributed by atoms with Crippen molar-refractivity contribution in [2.45, 2.75) is 0 Å². The molecule has 0 aliphatic heterocycles. The molecule has 0 atom stereocenters. The minimum atomic E-state index is -0.127. The summed E-state index contributed by atoms with van der Waals surface area (Å²) in [7, 11) is 1.65. The average molecular weight is 360 g/mol. The Hall–Kier alpha value is -2.20. The van der Waals surface area contributed by atoms with Crippen LogP contribution < -0.4 is 14.8 Å². The molecule has 0 saturated carbocycles. The van der Waals surface area contributed by atoms with Gasteiger partial charge in [0.1, 0.15) is 9.67 Å². The smallest absolute Gasteiger partial charge is 0.268 e. The molecule has 114 valence electrons. The molecule has 3 rings (SSSR count). The van der Waals surface area contributed by atoms with Crippen LogP contribution in [0.5, 0.6) is 0 Å². The highest BCUT2D eigenvalue weighted by atomic mass is 35.5. The maximum Gasteiger partial charge on any atom is 0.268 e. The van der Waals surface area contributed by atoms with Crippen molar-refractivity contribution in [2.75, 3.05) is 0 Å². The predicted molar refractivity (Wildman–Crippen MR) is 95.0 cm³/mol. The summed E-state index contributed by atoms with van der Waals surface area (Å²) >= 11 is 8.67. The molecule has 0 radical (unpaired) electrons. The second-order valence-electron chi connectivity index (χ2n) is 4.67. The first-order valence-electron chi connectivity index (χ1n) is 6.57. The number of hydrogen-bond donors (Lipinski definition) is 0. The van der Waals surface area contributed by atoms with E-state index in [0.717, 1.165) is 16.3 Å². The van der Waals surface area contributed by atoms with E-state index in [-0.39, 0.29) is 5.56 Å². The van der Waals surface area contributed by atoms with E-state index in [2.05, 4.69) is 4.98 Å². The van der Waals surface area contributed by atoms with E-state index in [9.17, 15) is 4.79 Å². The van der Waals surface area contributed by atoms with Gasteiger partial charge in [-0.25, -0.2) is 4.98 Å². The highest BCUT2D eigenvalue weighted by molar-refractivity contribution is 7.13. The summed E-state index contributed by atoms with van der Waals surface area (Å²) in [4.78, 5) is 16.7. The van der Waals surface area contributed by atoms with Crippen molar-refractivity contribution >= 4 is 46.4 Å². The monoisotopic (exact) mass is 359 g/mol. The maximum absolute atomic E-state index is 12.2. The Morgan fingerprint density at radius 2 is 2.09 bits per heavy atom. The molecule has 0 saturated heterocycles. The maximum atomic E-state index is 12.2. The summed E-state index contributed by atoms with van der Waals surface area (Å²) in [5, 5.41) is 12.2. The summed E-state index contributed by atoms with van der Waals surface area (Å²) < 4.78 is 2.64. The Balaban J connectivity index is 2.04. The molecular formula is C16H10ClN3OS2. The fourth-order valence-corrected chi connectivity index (χ4v) is 3.84. The summed E-state index contributed by atoms with van der Waals surface area (Å²) in [6.45, 7) is 0. The van der Waals surface area contributed by atoms with Crippen LogP contribution in [0.3, 0.4) is 0 Å². The number of halogens is 1. The highest BCUT2D eigenvalue weighted by Crippen LogP contribution is 2.25. The first-order chi connectivity index (χ1) is 11.1. The molecule has 4 nitrogen and oxygen atoms in total. The van der Waals surface area contributed by atoms with Crippen LogP contribution in [-0.4, -0.2) is 9.55 Å². The largest absolute Gasteiger partial charge is 0.301 e. The number of rotatable bonds is 2. The van der Waals surface area contributed by atoms with Crippen molar-refractivity contribution in [3.8, 4) is 16.6 Å². The Kier molecular flexibility index (Phi) is 4.44. The Labute approximate surface area is 144 Å². The fourth-order valence-electron chi connectivity index (χ4n) is 1.97. The molecule has 7 heteroatoms. The third-order valence-electron chi connectivity index (χ3n) is 3.14. The molecule has 3 aromatic rings. The molecule has 0 amide bonds. The minimum absolute atomic E-state index is 0.127. The van der Waals surface area contributed by atoms with E-state index >= 15 is 0 Å². The molecule has 0 spiro atoms. The minimum Gasteiger partial charge on any atom is -0.301 e. The van der Waals surface area contributed by atoms with Crippen LogP contribution in [0.15, 0.2) is 34.4 Å². The molecule has 0 fully saturated rings. The van der Waals surface area contributed by atoms with Gasteiger partial charge in [0, 0.05) is 29.1 Å². The molecule has 2 heterocycles. The van der Waals surface area contributed by atoms with E-state index in [1.165, 1.54) is 33.3 Å². The second kappa shape index (κ2) is 6.50. The van der Waals surface area contributed by atoms with Gasteiger partial charge in [-0.3, -0.25) is 4.79 Å². The average Bonchev–Trinajstić information content (AvgIpc) is 3.10. The van der Waals surface area contributed by atoms with Crippen LogP contribution >= 0.6 is 34.3 Å². The van der Waals surface area contributed by atoms with Crippen LogP contribution in [0.4, 0.5) is 0 Å². The molecule has 0 N–H and O–H groups in total. The zero-order chi connectivity index (χ0) is 16.4. The van der Waals surface area contributed by atoms with E-state index in [4.69, 9.17) is 16.9 Å². The van der Waals surface area contributed by atoms with Gasteiger partial charge in [0.25, 0.3) is 5.56 Å². The third kappa shape index (κ3) is 3.27. The number of thiazole rings is 2. The van der Waals surface area contributed by atoms with E-state index < -0.39 is 0 Å². The Morgan fingerprint density at radius 3 is 2.78 bits per heavy atom. The quantitative estimate of drug-likeness (QED) is 0.705. The van der Waals surface area contributed by atoms with Crippen LogP contribution in [0.25, 0.3) is 22.7 Å². The number of nitriles is 1. The third-order valence-corrected chi connectivity index (χ3v) is 5.42. The van der Waals surface area contributed by atoms with E-state index in [1.54, 1.807) is 13.1 Å². The van der Waals surface area contributed by atoms with Gasteiger partial charge >= 0.3 is 0 Å². The van der Waals surface area contributed by atoms with E-state index in [0.29, 0.717) is 14.2 Å². The van der Waals surface area contributed by atoms with Crippen molar-refractivity contribution in [1.82, 2.24) is 9.55 Å². The first-order valence-corrected chi connectivity index (χ1v) is 8.65. The van der Waals surface area contributed by atoms with Gasteiger partial charge in [-0.1, -0.05) is 23.7 Å². The van der Waals surface area contributed by atoms with Gasteiger partial charge in [-0.15, -0.1) is 22.7 Å². The van der Waals surface area contributed by atoms with Gasteiger partial charge in [-0.2, -0.15) is 5.26 Å². The summed E-state index contributed by atoms with van der Waals surface area (Å²) in [5.41, 5.74) is 1.58. The molecular weight excluding hydrogens is 350 g/mol. The van der Waals surface area contributed by atoms with Gasteiger partial charge in [0.15, 0.2) is 0 Å². The molecule has 23 heavy (non-hydrogen) atoms.